The van der Waals surface area contributed by atoms with Crippen LogP contribution in [0.15, 0.2) is 42.5 Å². The lowest BCUT2D eigenvalue weighted by Gasteiger charge is -2.26. The number of ether oxygens (including phenoxy) is 4. The molecule has 0 saturated carbocycles. The molecule has 2 heterocycles. The number of fused-ring (bicyclic) bond motifs is 1. The summed E-state index contributed by atoms with van der Waals surface area (Å²) in [5.74, 6) is 1.55. The van der Waals surface area contributed by atoms with Gasteiger partial charge in [0.1, 0.15) is 12.4 Å². The fourth-order valence-electron chi connectivity index (χ4n) is 3.49. The third-order valence-electron chi connectivity index (χ3n) is 5.27. The van der Waals surface area contributed by atoms with Crippen LogP contribution in [0.25, 0.3) is 0 Å². The van der Waals surface area contributed by atoms with Crippen LogP contribution in [0, 0.1) is 0 Å². The first kappa shape index (κ1) is 24.0. The number of carbonyl (C=O) groups excluding carboxylic acids is 2. The van der Waals surface area contributed by atoms with Crippen molar-refractivity contribution in [1.82, 2.24) is 20.6 Å². The molecule has 1 aliphatic heterocycles. The van der Waals surface area contributed by atoms with Gasteiger partial charge in [0.05, 0.1) is 18.9 Å². The number of tetrazole rings is 1. The quantitative estimate of drug-likeness (QED) is 0.311. The minimum atomic E-state index is -0.513. The van der Waals surface area contributed by atoms with Crippen molar-refractivity contribution in [3.05, 3.63) is 53.9 Å². The molecule has 1 unspecified atom stereocenters. The number of nitrogens with one attached hydrogen (secondary N) is 2. The third kappa shape index (κ3) is 6.69. The third-order valence-corrected chi connectivity index (χ3v) is 5.27. The molecule has 0 saturated heterocycles. The first-order valence-corrected chi connectivity index (χ1v) is 11.4. The van der Waals surface area contributed by atoms with Crippen LogP contribution in [0.2, 0.25) is 0 Å². The van der Waals surface area contributed by atoms with Crippen LogP contribution in [0.3, 0.4) is 0 Å². The summed E-state index contributed by atoms with van der Waals surface area (Å²) in [7, 11) is 0. The molecule has 1 aliphatic rings. The Kier molecular flexibility index (Phi) is 8.10. The number of hydrogen-bond donors (Lipinski definition) is 2. The second kappa shape index (κ2) is 11.8. The summed E-state index contributed by atoms with van der Waals surface area (Å²) in [4.78, 5) is 23.5. The molecule has 1 aromatic heterocycles. The summed E-state index contributed by atoms with van der Waals surface area (Å²) in [6, 6.07) is 12.2. The van der Waals surface area contributed by atoms with E-state index in [-0.39, 0.29) is 18.5 Å². The smallest absolute Gasteiger partial charge is 0.302 e. The molecule has 0 aliphatic carbocycles. The lowest BCUT2D eigenvalue weighted by atomic mass is 10.2. The molecular weight excluding hydrogens is 454 g/mol. The van der Waals surface area contributed by atoms with Gasteiger partial charge in [-0.25, -0.2) is 5.10 Å². The molecule has 184 valence electrons. The predicted octanol–water partition coefficient (Wildman–Crippen LogP) is 3.47. The summed E-state index contributed by atoms with van der Waals surface area (Å²) in [5.41, 5.74) is 0.965. The number of hydrogen-bond acceptors (Lipinski definition) is 9. The topological polar surface area (TPSA) is 138 Å². The van der Waals surface area contributed by atoms with Crippen LogP contribution in [0.4, 0.5) is 5.69 Å². The van der Waals surface area contributed by atoms with E-state index in [1.165, 1.54) is 6.92 Å². The highest BCUT2D eigenvalue weighted by Gasteiger charge is 2.28. The van der Waals surface area contributed by atoms with Crippen LogP contribution in [0.1, 0.15) is 54.9 Å². The first-order chi connectivity index (χ1) is 17.1. The average Bonchev–Trinajstić information content (AvgIpc) is 3.41. The second-order valence-corrected chi connectivity index (χ2v) is 7.92. The Balaban J connectivity index is 1.26. The van der Waals surface area contributed by atoms with Gasteiger partial charge in [-0.1, -0.05) is 6.07 Å². The van der Waals surface area contributed by atoms with E-state index in [0.29, 0.717) is 47.5 Å². The number of benzene rings is 2. The van der Waals surface area contributed by atoms with E-state index >= 15 is 0 Å². The molecule has 11 nitrogen and oxygen atoms in total. The van der Waals surface area contributed by atoms with Gasteiger partial charge in [-0.2, -0.15) is 0 Å². The van der Waals surface area contributed by atoms with Crippen LogP contribution in [0.5, 0.6) is 17.2 Å². The van der Waals surface area contributed by atoms with Gasteiger partial charge in [0.2, 0.25) is 0 Å². The number of para-hydroxylation sites is 1. The summed E-state index contributed by atoms with van der Waals surface area (Å²) in [6.45, 7) is 2.70. The maximum absolute atomic E-state index is 12.8. The minimum absolute atomic E-state index is 0.245. The van der Waals surface area contributed by atoms with E-state index in [9.17, 15) is 9.59 Å². The van der Waals surface area contributed by atoms with Gasteiger partial charge in [0.15, 0.2) is 23.4 Å². The summed E-state index contributed by atoms with van der Waals surface area (Å²) < 4.78 is 22.4. The normalized spacial score (nSPS) is 14.3. The highest BCUT2D eigenvalue weighted by atomic mass is 16.6. The number of aromatic amines is 1. The minimum Gasteiger partial charge on any atom is -0.494 e. The van der Waals surface area contributed by atoms with Gasteiger partial charge in [-0.05, 0) is 72.5 Å². The van der Waals surface area contributed by atoms with Gasteiger partial charge in [-0.3, -0.25) is 9.59 Å². The number of esters is 1. The maximum Gasteiger partial charge on any atom is 0.302 e. The SMILES string of the molecule is CC(=O)OCCCCCCOc1ccc(C(=O)Nc2cccc3c2OC(c2nnn[nH]2)CO3)cc1. The van der Waals surface area contributed by atoms with Crippen LogP contribution >= 0.6 is 0 Å². The van der Waals surface area contributed by atoms with E-state index < -0.39 is 6.10 Å². The van der Waals surface area contributed by atoms with Crippen molar-refractivity contribution in [3.8, 4) is 17.2 Å². The number of H-pyrrole nitrogens is 1. The molecule has 2 N–H and O–H groups in total. The maximum atomic E-state index is 12.8. The van der Waals surface area contributed by atoms with E-state index in [2.05, 4.69) is 25.9 Å². The van der Waals surface area contributed by atoms with E-state index in [1.54, 1.807) is 42.5 Å². The largest absolute Gasteiger partial charge is 0.494 e. The standard InChI is InChI=1S/C24H27N5O6/c1-16(30)32-13-4-2-3-5-14-33-18-11-9-17(10-12-18)24(31)25-19-7-6-8-20-22(19)35-21(15-34-20)23-26-28-29-27-23/h6-12,21H,2-5,13-15H2,1H3,(H,25,31)(H,26,27,28,29). The molecule has 4 rings (SSSR count). The number of amides is 1. The fourth-order valence-corrected chi connectivity index (χ4v) is 3.49. The Bertz CT molecular complexity index is 1120. The van der Waals surface area contributed by atoms with Crippen molar-refractivity contribution < 1.29 is 28.5 Å². The van der Waals surface area contributed by atoms with Crippen LogP contribution in [-0.4, -0.2) is 52.3 Å². The van der Waals surface area contributed by atoms with E-state index in [4.69, 9.17) is 18.9 Å². The summed E-state index contributed by atoms with van der Waals surface area (Å²) in [5, 5.41) is 16.5. The van der Waals surface area contributed by atoms with Crippen molar-refractivity contribution in [3.63, 3.8) is 0 Å². The molecular formula is C24H27N5O6. The van der Waals surface area contributed by atoms with Crippen molar-refractivity contribution in [2.24, 2.45) is 0 Å². The van der Waals surface area contributed by atoms with Crippen LogP contribution < -0.4 is 19.5 Å². The molecule has 0 bridgehead atoms. The lowest BCUT2D eigenvalue weighted by molar-refractivity contribution is -0.141. The molecule has 3 aromatic rings. The van der Waals surface area contributed by atoms with Crippen molar-refractivity contribution in [1.29, 1.82) is 0 Å². The lowest BCUT2D eigenvalue weighted by Crippen LogP contribution is -2.24. The number of aromatic nitrogens is 4. The summed E-state index contributed by atoms with van der Waals surface area (Å²) in [6.07, 6.45) is 3.20. The number of unbranched alkanes of at least 4 members (excludes halogenated alkanes) is 3. The molecule has 1 atom stereocenters. The highest BCUT2D eigenvalue weighted by molar-refractivity contribution is 6.05. The average molecular weight is 482 g/mol. The van der Waals surface area contributed by atoms with Gasteiger partial charge in [0, 0.05) is 12.5 Å². The van der Waals surface area contributed by atoms with Gasteiger partial charge < -0.3 is 24.3 Å². The molecule has 2 aromatic carbocycles. The Labute approximate surface area is 202 Å². The number of rotatable bonds is 11. The van der Waals surface area contributed by atoms with Crippen molar-refractivity contribution in [2.45, 2.75) is 38.7 Å². The molecule has 1 amide bonds. The Hall–Kier alpha value is -4.15. The van der Waals surface area contributed by atoms with E-state index in [0.717, 1.165) is 25.7 Å². The number of nitrogens with zero attached hydrogens (tertiary/aromatic N) is 3. The highest BCUT2D eigenvalue weighted by Crippen LogP contribution is 2.41. The molecule has 0 fully saturated rings. The van der Waals surface area contributed by atoms with Gasteiger partial charge in [-0.15, -0.1) is 5.10 Å². The van der Waals surface area contributed by atoms with E-state index in [1.807, 2.05) is 0 Å². The van der Waals surface area contributed by atoms with Gasteiger partial charge >= 0.3 is 5.97 Å². The molecule has 0 spiro atoms. The first-order valence-electron chi connectivity index (χ1n) is 11.4. The Morgan fingerprint density at radius 1 is 1.09 bits per heavy atom. The Morgan fingerprint density at radius 3 is 2.63 bits per heavy atom. The Morgan fingerprint density at radius 2 is 1.89 bits per heavy atom. The monoisotopic (exact) mass is 481 g/mol. The fraction of sp³-hybridized carbons (Fsp3) is 0.375. The van der Waals surface area contributed by atoms with Crippen molar-refractivity contribution >= 4 is 17.6 Å². The van der Waals surface area contributed by atoms with Crippen molar-refractivity contribution in [2.75, 3.05) is 25.1 Å². The zero-order chi connectivity index (χ0) is 24.5. The summed E-state index contributed by atoms with van der Waals surface area (Å²) >= 11 is 0. The van der Waals surface area contributed by atoms with Crippen LogP contribution in [-0.2, 0) is 9.53 Å². The zero-order valence-electron chi connectivity index (χ0n) is 19.4. The second-order valence-electron chi connectivity index (χ2n) is 7.92. The zero-order valence-corrected chi connectivity index (χ0v) is 19.4. The number of carbonyl (C=O) groups is 2. The van der Waals surface area contributed by atoms with Gasteiger partial charge in [0.25, 0.3) is 5.91 Å². The number of anilines is 1. The molecule has 11 heteroatoms. The molecule has 35 heavy (non-hydrogen) atoms. The molecule has 0 radical (unpaired) electrons. The predicted molar refractivity (Wildman–Crippen MR) is 124 cm³/mol.